The maximum Gasteiger partial charge on any atom is 0.0867 e. The highest BCUT2D eigenvalue weighted by Crippen LogP contribution is 2.31. The quantitative estimate of drug-likeness (QED) is 0.140. The Morgan fingerprint density at radius 3 is 1.56 bits per heavy atom. The molecule has 1 aliphatic carbocycles. The number of pyridine rings is 2. The van der Waals surface area contributed by atoms with Gasteiger partial charge in [0.05, 0.1) is 22.8 Å². The van der Waals surface area contributed by atoms with Crippen molar-refractivity contribution in [3.05, 3.63) is 175 Å². The molecule has 0 aliphatic heterocycles. The Labute approximate surface area is 263 Å². The van der Waals surface area contributed by atoms with Crippen LogP contribution in [0, 0.1) is 10.8 Å². The minimum Gasteiger partial charge on any atom is -0.399 e. The Bertz CT molecular complexity index is 2010. The normalized spacial score (nSPS) is 12.4. The number of nitrogens with one attached hydrogen (secondary N) is 2. The van der Waals surface area contributed by atoms with Crippen LogP contribution in [0.3, 0.4) is 0 Å². The van der Waals surface area contributed by atoms with Crippen molar-refractivity contribution in [2.75, 3.05) is 5.73 Å². The summed E-state index contributed by atoms with van der Waals surface area (Å²) in [5, 5.41) is 17.0. The van der Waals surface area contributed by atoms with Gasteiger partial charge in [0.25, 0.3) is 0 Å². The van der Waals surface area contributed by atoms with E-state index >= 15 is 0 Å². The fourth-order valence-electron chi connectivity index (χ4n) is 5.11. The topological polar surface area (TPSA) is 99.5 Å². The molecule has 5 heteroatoms. The summed E-state index contributed by atoms with van der Waals surface area (Å²) in [5.74, 6) is 0. The fourth-order valence-corrected chi connectivity index (χ4v) is 5.11. The average Bonchev–Trinajstić information content (AvgIpc) is 3.11. The summed E-state index contributed by atoms with van der Waals surface area (Å²) in [4.78, 5) is 8.88. The van der Waals surface area contributed by atoms with Gasteiger partial charge in [-0.3, -0.25) is 20.8 Å². The number of allylic oxidation sites excluding steroid dienone is 4. The molecule has 0 spiro atoms. The number of nitrogens with zero attached hydrogens (tertiary/aromatic N) is 2. The number of hydrogen-bond acceptors (Lipinski definition) is 5. The molecule has 5 nitrogen and oxygen atoms in total. The summed E-state index contributed by atoms with van der Waals surface area (Å²) in [6.07, 6.45) is 7.31. The molecule has 0 unspecified atom stereocenters. The highest BCUT2D eigenvalue weighted by molar-refractivity contribution is 6.61. The largest absolute Gasteiger partial charge is 0.399 e. The number of nitrogen functional groups attached to an aromatic ring is 1. The van der Waals surface area contributed by atoms with Gasteiger partial charge in [-0.1, -0.05) is 91.0 Å². The molecule has 0 atom stereocenters. The lowest BCUT2D eigenvalue weighted by molar-refractivity contribution is 1.32. The minimum atomic E-state index is 0.198. The van der Waals surface area contributed by atoms with Crippen LogP contribution in [0.4, 0.5) is 5.69 Å². The molecule has 0 fully saturated rings. The third-order valence-electron chi connectivity index (χ3n) is 7.45. The lowest BCUT2D eigenvalue weighted by atomic mass is 9.87. The number of rotatable bonds is 5. The van der Waals surface area contributed by atoms with Crippen LogP contribution in [0.15, 0.2) is 164 Å². The fraction of sp³-hybridized carbons (Fsp3) is 0. The molecule has 45 heavy (non-hydrogen) atoms. The van der Waals surface area contributed by atoms with Crippen molar-refractivity contribution in [2.45, 2.75) is 0 Å². The minimum absolute atomic E-state index is 0.198. The first-order valence-corrected chi connectivity index (χ1v) is 14.6. The monoisotopic (exact) mass is 581 g/mol. The maximum absolute atomic E-state index is 8.53. The molecule has 4 aromatic carbocycles. The Hall–Kier alpha value is -6.20. The second kappa shape index (κ2) is 13.4. The van der Waals surface area contributed by atoms with Gasteiger partial charge in [0.1, 0.15) is 0 Å². The number of nitrogens with two attached hydrogens (primary N) is 1. The molecule has 2 heterocycles. The third-order valence-corrected chi connectivity index (χ3v) is 7.45. The van der Waals surface area contributed by atoms with Crippen LogP contribution in [0.2, 0.25) is 0 Å². The highest BCUT2D eigenvalue weighted by Gasteiger charge is 2.19. The molecule has 0 saturated heterocycles. The first-order chi connectivity index (χ1) is 22.0. The second-order valence-electron chi connectivity index (χ2n) is 10.5. The van der Waals surface area contributed by atoms with Crippen molar-refractivity contribution in [1.29, 1.82) is 10.8 Å². The molecule has 2 aromatic heterocycles. The summed E-state index contributed by atoms with van der Waals surface area (Å²) in [5.41, 5.74) is 16.6. The first-order valence-electron chi connectivity index (χ1n) is 14.6. The third kappa shape index (κ3) is 6.90. The van der Waals surface area contributed by atoms with Crippen molar-refractivity contribution in [2.24, 2.45) is 0 Å². The Morgan fingerprint density at radius 2 is 0.956 bits per heavy atom. The molecule has 0 amide bonds. The standard InChI is InChI=1S/C28H20N4.C12H11N/c29-25-18-23(19-7-5-9-21(15-19)26-11-1-3-13-31-26)17-24(28(25)30)20-8-6-10-22(16-20)27-12-2-4-14-32-27;13-12-8-6-11(7-9-12)10-4-2-1-3-5-10/h1-18,29-30H;1-9H,13H2. The van der Waals surface area contributed by atoms with Crippen LogP contribution in [0.25, 0.3) is 44.8 Å². The molecular weight excluding hydrogens is 550 g/mol. The van der Waals surface area contributed by atoms with Crippen LogP contribution >= 0.6 is 0 Å². The molecule has 4 N–H and O–H groups in total. The lowest BCUT2D eigenvalue weighted by Gasteiger charge is -2.17. The smallest absolute Gasteiger partial charge is 0.0867 e. The van der Waals surface area contributed by atoms with Crippen LogP contribution in [-0.4, -0.2) is 21.4 Å². The van der Waals surface area contributed by atoms with E-state index in [1.807, 2.05) is 127 Å². The molecule has 0 bridgehead atoms. The lowest BCUT2D eigenvalue weighted by Crippen LogP contribution is -2.15. The van der Waals surface area contributed by atoms with Crippen molar-refractivity contribution >= 4 is 28.3 Å². The van der Waals surface area contributed by atoms with Crippen molar-refractivity contribution in [3.8, 4) is 33.6 Å². The molecule has 0 radical (unpaired) electrons. The summed E-state index contributed by atoms with van der Waals surface area (Å²) in [6, 6.07) is 46.0. The Morgan fingerprint density at radius 1 is 0.444 bits per heavy atom. The molecule has 1 aliphatic rings. The second-order valence-corrected chi connectivity index (χ2v) is 10.5. The summed E-state index contributed by atoms with van der Waals surface area (Å²) in [7, 11) is 0. The first kappa shape index (κ1) is 28.9. The van der Waals surface area contributed by atoms with E-state index in [-0.39, 0.29) is 11.4 Å². The van der Waals surface area contributed by atoms with Gasteiger partial charge in [-0.05, 0) is 88.5 Å². The highest BCUT2D eigenvalue weighted by atomic mass is 14.7. The molecule has 216 valence electrons. The predicted molar refractivity (Wildman–Crippen MR) is 187 cm³/mol. The van der Waals surface area contributed by atoms with Crippen LogP contribution in [0.1, 0.15) is 11.1 Å². The summed E-state index contributed by atoms with van der Waals surface area (Å²) in [6.45, 7) is 0. The molecule has 0 saturated carbocycles. The van der Waals surface area contributed by atoms with E-state index in [4.69, 9.17) is 16.6 Å². The number of anilines is 1. The van der Waals surface area contributed by atoms with Crippen molar-refractivity contribution < 1.29 is 0 Å². The SMILES string of the molecule is N=C1C=C(c2cccc(-c3ccccn3)c2)C=C(c2cccc(-c3ccccn3)c2)C1=N.Nc1ccc(-c2ccccc2)cc1. The number of hydrogen-bond donors (Lipinski definition) is 3. The molecule has 6 aromatic rings. The van der Waals surface area contributed by atoms with Gasteiger partial charge in [0.2, 0.25) is 0 Å². The zero-order valence-electron chi connectivity index (χ0n) is 24.6. The van der Waals surface area contributed by atoms with Gasteiger partial charge < -0.3 is 5.73 Å². The predicted octanol–water partition coefficient (Wildman–Crippen LogP) is 9.27. The number of aromatic nitrogens is 2. The molecule has 7 rings (SSSR count). The Kier molecular flexibility index (Phi) is 8.61. The van der Waals surface area contributed by atoms with Crippen molar-refractivity contribution in [3.63, 3.8) is 0 Å². The number of benzene rings is 4. The van der Waals surface area contributed by atoms with E-state index in [1.165, 1.54) is 11.1 Å². The van der Waals surface area contributed by atoms with Crippen LogP contribution in [-0.2, 0) is 0 Å². The molecular formula is C40H31N5. The zero-order chi connectivity index (χ0) is 31.0. The van der Waals surface area contributed by atoms with Gasteiger partial charge in [0.15, 0.2) is 0 Å². The van der Waals surface area contributed by atoms with Gasteiger partial charge in [-0.2, -0.15) is 0 Å². The Balaban J connectivity index is 0.000000229. The van der Waals surface area contributed by atoms with Gasteiger partial charge >= 0.3 is 0 Å². The summed E-state index contributed by atoms with van der Waals surface area (Å²) >= 11 is 0. The van der Waals surface area contributed by atoms with E-state index in [9.17, 15) is 0 Å². The van der Waals surface area contributed by atoms with Gasteiger partial charge in [0, 0.05) is 34.8 Å². The van der Waals surface area contributed by atoms with E-state index in [2.05, 4.69) is 28.2 Å². The van der Waals surface area contributed by atoms with Crippen LogP contribution in [0.5, 0.6) is 0 Å². The van der Waals surface area contributed by atoms with Gasteiger partial charge in [-0.15, -0.1) is 0 Å². The van der Waals surface area contributed by atoms with E-state index in [0.29, 0.717) is 0 Å². The van der Waals surface area contributed by atoms with Crippen molar-refractivity contribution in [1.82, 2.24) is 9.97 Å². The van der Waals surface area contributed by atoms with E-state index in [1.54, 1.807) is 18.5 Å². The van der Waals surface area contributed by atoms with Crippen LogP contribution < -0.4 is 5.73 Å². The van der Waals surface area contributed by atoms with Gasteiger partial charge in [-0.25, -0.2) is 0 Å². The zero-order valence-corrected chi connectivity index (χ0v) is 24.6. The maximum atomic E-state index is 8.53. The van der Waals surface area contributed by atoms with E-state index in [0.717, 1.165) is 50.5 Å². The summed E-state index contributed by atoms with van der Waals surface area (Å²) < 4.78 is 0. The van der Waals surface area contributed by atoms with E-state index < -0.39 is 0 Å². The average molecular weight is 582 g/mol.